The Morgan fingerprint density at radius 2 is 2.10 bits per heavy atom. The third-order valence-corrected chi connectivity index (χ3v) is 6.46. The molecule has 12 heteroatoms. The van der Waals surface area contributed by atoms with E-state index < -0.39 is 35.2 Å². The summed E-state index contributed by atoms with van der Waals surface area (Å²) in [7, 11) is 1.29. The summed E-state index contributed by atoms with van der Waals surface area (Å²) in [6.45, 7) is 0.969. The zero-order valence-corrected chi connectivity index (χ0v) is 19.7. The number of thiophene rings is 1. The third-order valence-electron chi connectivity index (χ3n) is 4.26. The van der Waals surface area contributed by atoms with E-state index in [1.165, 1.54) is 37.1 Å². The molecule has 0 N–H and O–H groups in total. The molecule has 3 heterocycles. The second-order valence-corrected chi connectivity index (χ2v) is 8.17. The van der Waals surface area contributed by atoms with Gasteiger partial charge in [0.1, 0.15) is 12.0 Å². The summed E-state index contributed by atoms with van der Waals surface area (Å²) in [6.07, 6.45) is 0.0769. The van der Waals surface area contributed by atoms with Gasteiger partial charge in [-0.05, 0) is 11.4 Å². The first kappa shape index (κ1) is 23.9. The summed E-state index contributed by atoms with van der Waals surface area (Å²) >= 11 is 2.68. The maximum Gasteiger partial charge on any atom is 1.00 e. The van der Waals surface area contributed by atoms with E-state index in [1.807, 2.05) is 11.4 Å². The van der Waals surface area contributed by atoms with Gasteiger partial charge in [0.2, 0.25) is 0 Å². The minimum atomic E-state index is -1.53. The van der Waals surface area contributed by atoms with Gasteiger partial charge in [0.15, 0.2) is 6.04 Å². The quantitative estimate of drug-likeness (QED) is 0.183. The van der Waals surface area contributed by atoms with Crippen molar-refractivity contribution in [3.63, 3.8) is 0 Å². The van der Waals surface area contributed by atoms with Crippen LogP contribution in [0.25, 0.3) is 0 Å². The molecule has 0 spiro atoms. The third kappa shape index (κ3) is 4.86. The molecule has 3 rings (SSSR count). The molecule has 2 aliphatic rings. The predicted molar refractivity (Wildman–Crippen MR) is 97.4 cm³/mol. The first-order chi connectivity index (χ1) is 13.3. The standard InChI is InChI=1S/C17H18N2O7S2.Na/c1-9(20)26-7-10-8-28-16-14(15(22)18(16)13(10)17(23)24)19(25-2)12(21)6-11-4-3-5-27-11;/h3-5,14,16H,6-8H2,1-2H3,(H,23,24);/q;+1/p-1/t14?,16-;/m0./s1. The largest absolute Gasteiger partial charge is 1.00 e. The van der Waals surface area contributed by atoms with Gasteiger partial charge in [-0.25, -0.2) is 5.06 Å². The molecule has 0 saturated carbocycles. The fourth-order valence-corrected chi connectivity index (χ4v) is 5.10. The Hall–Kier alpha value is -1.37. The molecular formula is C17H17N2NaO7S2. The minimum Gasteiger partial charge on any atom is -0.543 e. The maximum absolute atomic E-state index is 12.7. The van der Waals surface area contributed by atoms with Crippen LogP contribution in [0.3, 0.4) is 0 Å². The number of hydrogen-bond acceptors (Lipinski definition) is 9. The SMILES string of the molecule is CON(C(=O)Cc1cccs1)C1C(=O)N2C(C(=O)[O-])=C(COC(C)=O)CS[C@@H]12.[Na+]. The Kier molecular flexibility index (Phi) is 8.32. The number of fused-ring (bicyclic) bond motifs is 1. The molecule has 1 unspecified atom stereocenters. The van der Waals surface area contributed by atoms with Gasteiger partial charge in [-0.3, -0.25) is 24.1 Å². The van der Waals surface area contributed by atoms with Gasteiger partial charge in [0.05, 0.1) is 25.2 Å². The van der Waals surface area contributed by atoms with Gasteiger partial charge in [-0.15, -0.1) is 23.1 Å². The van der Waals surface area contributed by atoms with E-state index in [2.05, 4.69) is 0 Å². The Balaban J connectivity index is 0.00000300. The van der Waals surface area contributed by atoms with E-state index in [1.54, 1.807) is 6.07 Å². The number of β-lactam (4-membered cyclic amide) rings is 1. The number of nitrogens with zero attached hydrogens (tertiary/aromatic N) is 2. The Labute approximate surface area is 197 Å². The summed E-state index contributed by atoms with van der Waals surface area (Å²) in [5.41, 5.74) is -0.0369. The molecule has 2 amide bonds. The minimum absolute atomic E-state index is 0. The zero-order chi connectivity index (χ0) is 20.4. The molecule has 0 bridgehead atoms. The van der Waals surface area contributed by atoms with Gasteiger partial charge >= 0.3 is 35.5 Å². The van der Waals surface area contributed by atoms with Crippen molar-refractivity contribution >= 4 is 46.9 Å². The molecule has 0 aliphatic carbocycles. The summed E-state index contributed by atoms with van der Waals surface area (Å²) in [5.74, 6) is -2.85. The van der Waals surface area contributed by atoms with Crippen LogP contribution in [0.5, 0.6) is 0 Å². The van der Waals surface area contributed by atoms with Gasteiger partial charge in [0, 0.05) is 23.1 Å². The maximum atomic E-state index is 12.7. The Morgan fingerprint density at radius 1 is 1.38 bits per heavy atom. The van der Waals surface area contributed by atoms with Crippen LogP contribution < -0.4 is 34.7 Å². The fourth-order valence-electron chi connectivity index (χ4n) is 3.04. The van der Waals surface area contributed by atoms with Crippen LogP contribution >= 0.6 is 23.1 Å². The van der Waals surface area contributed by atoms with Crippen LogP contribution in [0, 0.1) is 0 Å². The van der Waals surface area contributed by atoms with E-state index >= 15 is 0 Å². The van der Waals surface area contributed by atoms with E-state index in [-0.39, 0.29) is 59.6 Å². The van der Waals surface area contributed by atoms with Crippen LogP contribution in [0.2, 0.25) is 0 Å². The monoisotopic (exact) mass is 448 g/mol. The second-order valence-electron chi connectivity index (χ2n) is 6.03. The van der Waals surface area contributed by atoms with Crippen LogP contribution in [-0.2, 0) is 35.2 Å². The van der Waals surface area contributed by atoms with Crippen molar-refractivity contribution in [3.8, 4) is 0 Å². The van der Waals surface area contributed by atoms with E-state index in [0.29, 0.717) is 0 Å². The number of amides is 2. The summed E-state index contributed by atoms with van der Waals surface area (Å²) < 4.78 is 4.87. The van der Waals surface area contributed by atoms with Gasteiger partial charge in [0.25, 0.3) is 11.8 Å². The number of hydroxylamine groups is 2. The average molecular weight is 448 g/mol. The van der Waals surface area contributed by atoms with Crippen molar-refractivity contribution in [2.75, 3.05) is 19.5 Å². The molecule has 2 aliphatic heterocycles. The molecule has 0 aromatic carbocycles. The number of aliphatic carboxylic acids is 1. The number of carboxylic acids is 1. The molecule has 2 atom stereocenters. The molecule has 1 saturated heterocycles. The van der Waals surface area contributed by atoms with Crippen molar-refractivity contribution in [2.45, 2.75) is 24.8 Å². The summed E-state index contributed by atoms with van der Waals surface area (Å²) in [6, 6.07) is 2.69. The smallest absolute Gasteiger partial charge is 0.543 e. The van der Waals surface area contributed by atoms with Crippen molar-refractivity contribution in [2.24, 2.45) is 0 Å². The van der Waals surface area contributed by atoms with Crippen LogP contribution in [0.15, 0.2) is 28.8 Å². The molecular weight excluding hydrogens is 431 g/mol. The topological polar surface area (TPSA) is 116 Å². The molecule has 29 heavy (non-hydrogen) atoms. The number of carbonyl (C=O) groups excluding carboxylic acids is 4. The van der Waals surface area contributed by atoms with Crippen LogP contribution in [-0.4, -0.2) is 64.6 Å². The molecule has 0 radical (unpaired) electrons. The Morgan fingerprint density at radius 3 is 2.66 bits per heavy atom. The number of rotatable bonds is 7. The fraction of sp³-hybridized carbons (Fsp3) is 0.412. The average Bonchev–Trinajstić information content (AvgIpc) is 3.15. The molecule has 150 valence electrons. The van der Waals surface area contributed by atoms with Gasteiger partial charge in [-0.2, -0.15) is 0 Å². The number of hydrogen-bond donors (Lipinski definition) is 0. The number of ether oxygens (including phenoxy) is 1. The number of carbonyl (C=O) groups is 4. The molecule has 1 aromatic heterocycles. The van der Waals surface area contributed by atoms with Crippen molar-refractivity contribution in [3.05, 3.63) is 33.7 Å². The van der Waals surface area contributed by atoms with E-state index in [0.717, 1.165) is 14.8 Å². The second kappa shape index (κ2) is 10.1. The number of carboxylic acid groups (broad SMARTS) is 1. The number of thioether (sulfide) groups is 1. The van der Waals surface area contributed by atoms with Gasteiger partial charge in [-0.1, -0.05) is 6.07 Å². The van der Waals surface area contributed by atoms with Crippen LogP contribution in [0.1, 0.15) is 11.8 Å². The van der Waals surface area contributed by atoms with Crippen LogP contribution in [0.4, 0.5) is 0 Å². The molecule has 9 nitrogen and oxygen atoms in total. The van der Waals surface area contributed by atoms with Crippen molar-refractivity contribution in [1.82, 2.24) is 9.96 Å². The Bertz CT molecular complexity index is 843. The first-order valence-electron chi connectivity index (χ1n) is 8.25. The normalized spacial score (nSPS) is 20.3. The van der Waals surface area contributed by atoms with E-state index in [4.69, 9.17) is 9.57 Å². The van der Waals surface area contributed by atoms with E-state index in [9.17, 15) is 24.3 Å². The summed E-state index contributed by atoms with van der Waals surface area (Å²) in [4.78, 5) is 55.0. The van der Waals surface area contributed by atoms with Gasteiger partial charge < -0.3 is 14.6 Å². The van der Waals surface area contributed by atoms with Crippen molar-refractivity contribution in [1.29, 1.82) is 0 Å². The first-order valence-corrected chi connectivity index (χ1v) is 10.2. The molecule has 1 fully saturated rings. The molecule has 1 aromatic rings. The zero-order valence-electron chi connectivity index (χ0n) is 16.1. The summed E-state index contributed by atoms with van der Waals surface area (Å²) in [5, 5.41) is 13.8. The predicted octanol–water partition coefficient (Wildman–Crippen LogP) is -3.46. The number of esters is 1. The van der Waals surface area contributed by atoms with Crippen molar-refractivity contribution < 1.29 is 63.4 Å².